The van der Waals surface area contributed by atoms with Crippen LogP contribution in [0.5, 0.6) is 0 Å². The van der Waals surface area contributed by atoms with Gasteiger partial charge in [-0.05, 0) is 32.1 Å². The maximum absolute atomic E-state index is 5.72. The molecular formula is C20H37N5O2. The first-order valence-electron chi connectivity index (χ1n) is 10.2. The van der Waals surface area contributed by atoms with E-state index in [0.717, 1.165) is 63.8 Å². The number of ether oxygens (including phenoxy) is 2. The highest BCUT2D eigenvalue weighted by molar-refractivity contribution is 5.79. The van der Waals surface area contributed by atoms with Gasteiger partial charge in [0.2, 0.25) is 0 Å². The van der Waals surface area contributed by atoms with Crippen LogP contribution in [0.4, 0.5) is 0 Å². The normalized spacial score (nSPS) is 17.7. The molecule has 154 valence electrons. The number of aromatic nitrogens is 2. The second kappa shape index (κ2) is 11.3. The Morgan fingerprint density at radius 3 is 3.00 bits per heavy atom. The summed E-state index contributed by atoms with van der Waals surface area (Å²) in [5.41, 5.74) is 2.41. The first-order chi connectivity index (χ1) is 13.0. The summed E-state index contributed by atoms with van der Waals surface area (Å²) in [7, 11) is 4.05. The number of hydrogen-bond acceptors (Lipinski definition) is 4. The molecule has 0 aliphatic carbocycles. The fourth-order valence-corrected chi connectivity index (χ4v) is 3.30. The lowest BCUT2D eigenvalue weighted by Gasteiger charge is -2.22. The molecule has 1 aromatic rings. The van der Waals surface area contributed by atoms with Gasteiger partial charge >= 0.3 is 0 Å². The van der Waals surface area contributed by atoms with Crippen molar-refractivity contribution >= 4 is 5.96 Å². The van der Waals surface area contributed by atoms with Crippen LogP contribution in [-0.4, -0.2) is 66.7 Å². The standard InChI is InChI=1S/C20H37N5O2/c1-6-21-20(22-10-8-11-26-15-18-9-7-12-27-18)24(4)13-17-14-25(5)23-19(17)16(2)3/h14,16,18H,6-13,15H2,1-5H3,(H,21,22). The van der Waals surface area contributed by atoms with Gasteiger partial charge in [-0.3, -0.25) is 9.67 Å². The van der Waals surface area contributed by atoms with Gasteiger partial charge in [0.15, 0.2) is 5.96 Å². The fraction of sp³-hybridized carbons (Fsp3) is 0.800. The lowest BCUT2D eigenvalue weighted by Crippen LogP contribution is -2.38. The molecule has 0 amide bonds. The Bertz CT molecular complexity index is 579. The number of nitrogens with one attached hydrogen (secondary N) is 1. The van der Waals surface area contributed by atoms with Gasteiger partial charge in [0.1, 0.15) is 0 Å². The summed E-state index contributed by atoms with van der Waals surface area (Å²) in [5.74, 6) is 1.34. The largest absolute Gasteiger partial charge is 0.379 e. The lowest BCUT2D eigenvalue weighted by atomic mass is 10.1. The van der Waals surface area contributed by atoms with Gasteiger partial charge in [-0.25, -0.2) is 0 Å². The van der Waals surface area contributed by atoms with Gasteiger partial charge in [0.05, 0.1) is 18.4 Å². The van der Waals surface area contributed by atoms with E-state index >= 15 is 0 Å². The highest BCUT2D eigenvalue weighted by atomic mass is 16.5. The average Bonchev–Trinajstić information content (AvgIpc) is 3.26. The summed E-state index contributed by atoms with van der Waals surface area (Å²) in [4.78, 5) is 6.92. The van der Waals surface area contributed by atoms with Crippen molar-refractivity contribution < 1.29 is 9.47 Å². The van der Waals surface area contributed by atoms with Crippen molar-refractivity contribution in [3.8, 4) is 0 Å². The summed E-state index contributed by atoms with van der Waals surface area (Å²) in [6.45, 7) is 11.2. The van der Waals surface area contributed by atoms with E-state index in [-0.39, 0.29) is 0 Å². The van der Waals surface area contributed by atoms with Crippen LogP contribution in [-0.2, 0) is 23.1 Å². The smallest absolute Gasteiger partial charge is 0.193 e. The molecule has 2 heterocycles. The van der Waals surface area contributed by atoms with E-state index in [2.05, 4.69) is 49.3 Å². The van der Waals surface area contributed by atoms with Crippen molar-refractivity contribution in [2.45, 2.75) is 58.6 Å². The Labute approximate surface area is 164 Å². The van der Waals surface area contributed by atoms with Gasteiger partial charge in [0.25, 0.3) is 0 Å². The Kier molecular flexibility index (Phi) is 9.07. The lowest BCUT2D eigenvalue weighted by molar-refractivity contribution is 0.0170. The van der Waals surface area contributed by atoms with E-state index in [1.807, 2.05) is 11.7 Å². The van der Waals surface area contributed by atoms with Crippen molar-refractivity contribution in [3.05, 3.63) is 17.5 Å². The van der Waals surface area contributed by atoms with Crippen LogP contribution >= 0.6 is 0 Å². The molecule has 1 aliphatic rings. The minimum Gasteiger partial charge on any atom is -0.379 e. The Balaban J connectivity index is 1.80. The highest BCUT2D eigenvalue weighted by Crippen LogP contribution is 2.18. The van der Waals surface area contributed by atoms with Crippen molar-refractivity contribution in [3.63, 3.8) is 0 Å². The first-order valence-corrected chi connectivity index (χ1v) is 10.2. The predicted octanol–water partition coefficient (Wildman–Crippen LogP) is 2.53. The molecule has 1 unspecified atom stereocenters. The fourth-order valence-electron chi connectivity index (χ4n) is 3.30. The zero-order valence-corrected chi connectivity index (χ0v) is 17.7. The van der Waals surface area contributed by atoms with Crippen LogP contribution in [0.15, 0.2) is 11.2 Å². The molecule has 1 atom stereocenters. The van der Waals surface area contributed by atoms with E-state index in [4.69, 9.17) is 14.5 Å². The van der Waals surface area contributed by atoms with E-state index in [0.29, 0.717) is 18.6 Å². The Morgan fingerprint density at radius 2 is 2.33 bits per heavy atom. The maximum atomic E-state index is 5.72. The molecule has 0 radical (unpaired) electrons. The van der Waals surface area contributed by atoms with Crippen LogP contribution in [0.25, 0.3) is 0 Å². The number of nitrogens with zero attached hydrogens (tertiary/aromatic N) is 4. The van der Waals surface area contributed by atoms with Gasteiger partial charge in [-0.2, -0.15) is 5.10 Å². The third-order valence-corrected chi connectivity index (χ3v) is 4.62. The third kappa shape index (κ3) is 7.14. The summed E-state index contributed by atoms with van der Waals surface area (Å²) in [6.07, 6.45) is 5.60. The number of aliphatic imine (C=N–C) groups is 1. The summed E-state index contributed by atoms with van der Waals surface area (Å²) >= 11 is 0. The average molecular weight is 380 g/mol. The number of rotatable bonds is 10. The quantitative estimate of drug-likeness (QED) is 0.384. The van der Waals surface area contributed by atoms with Crippen LogP contribution in [0, 0.1) is 0 Å². The molecule has 1 fully saturated rings. The molecule has 0 spiro atoms. The Hall–Kier alpha value is -1.60. The third-order valence-electron chi connectivity index (χ3n) is 4.62. The van der Waals surface area contributed by atoms with E-state index in [1.165, 1.54) is 5.56 Å². The molecule has 1 N–H and O–H groups in total. The topological polar surface area (TPSA) is 63.9 Å². The number of aryl methyl sites for hydroxylation is 1. The second-order valence-corrected chi connectivity index (χ2v) is 7.52. The van der Waals surface area contributed by atoms with Gasteiger partial charge < -0.3 is 19.7 Å². The SMILES string of the molecule is CCNC(=NCCCOCC1CCCO1)N(C)Cc1cn(C)nc1C(C)C. The zero-order valence-electron chi connectivity index (χ0n) is 17.7. The zero-order chi connectivity index (χ0) is 19.6. The van der Waals surface area contributed by atoms with Gasteiger partial charge in [0, 0.05) is 58.7 Å². The molecular weight excluding hydrogens is 342 g/mol. The first kappa shape index (κ1) is 21.7. The van der Waals surface area contributed by atoms with Crippen LogP contribution in [0.3, 0.4) is 0 Å². The van der Waals surface area contributed by atoms with Gasteiger partial charge in [-0.15, -0.1) is 0 Å². The number of guanidine groups is 1. The molecule has 0 aromatic carbocycles. The van der Waals surface area contributed by atoms with E-state index in [9.17, 15) is 0 Å². The van der Waals surface area contributed by atoms with Crippen molar-refractivity contribution in [2.75, 3.05) is 40.0 Å². The number of hydrogen-bond donors (Lipinski definition) is 1. The summed E-state index contributed by atoms with van der Waals surface area (Å²) in [6, 6.07) is 0. The molecule has 27 heavy (non-hydrogen) atoms. The molecule has 7 heteroatoms. The van der Waals surface area contributed by atoms with Crippen LogP contribution in [0.1, 0.15) is 57.2 Å². The minimum atomic E-state index is 0.298. The molecule has 1 aromatic heterocycles. The van der Waals surface area contributed by atoms with Crippen molar-refractivity contribution in [2.24, 2.45) is 12.0 Å². The van der Waals surface area contributed by atoms with E-state index in [1.54, 1.807) is 0 Å². The molecule has 1 saturated heterocycles. The second-order valence-electron chi connectivity index (χ2n) is 7.52. The summed E-state index contributed by atoms with van der Waals surface area (Å²) in [5, 5.41) is 7.98. The molecule has 1 aliphatic heterocycles. The molecule has 7 nitrogen and oxygen atoms in total. The maximum Gasteiger partial charge on any atom is 0.193 e. The van der Waals surface area contributed by atoms with E-state index < -0.39 is 0 Å². The molecule has 0 saturated carbocycles. The summed E-state index contributed by atoms with van der Waals surface area (Å²) < 4.78 is 13.2. The monoisotopic (exact) mass is 379 g/mol. The molecule has 2 rings (SSSR count). The van der Waals surface area contributed by atoms with Crippen molar-refractivity contribution in [1.82, 2.24) is 20.0 Å². The molecule has 0 bridgehead atoms. The predicted molar refractivity (Wildman–Crippen MR) is 109 cm³/mol. The Morgan fingerprint density at radius 1 is 1.52 bits per heavy atom. The van der Waals surface area contributed by atoms with Crippen LogP contribution in [0.2, 0.25) is 0 Å². The minimum absolute atomic E-state index is 0.298. The highest BCUT2D eigenvalue weighted by Gasteiger charge is 2.16. The van der Waals surface area contributed by atoms with Gasteiger partial charge in [-0.1, -0.05) is 13.8 Å². The van der Waals surface area contributed by atoms with Crippen molar-refractivity contribution in [1.29, 1.82) is 0 Å². The van der Waals surface area contributed by atoms with Crippen LogP contribution < -0.4 is 5.32 Å².